The number of carbonyl (C=O) groups is 4. The van der Waals surface area contributed by atoms with E-state index in [2.05, 4.69) is 16.3 Å². The Bertz CT molecular complexity index is 1800. The van der Waals surface area contributed by atoms with Crippen LogP contribution in [-0.2, 0) is 33.9 Å². The van der Waals surface area contributed by atoms with Gasteiger partial charge in [-0.25, -0.2) is 13.4 Å². The Balaban J connectivity index is 1.33. The number of benzene rings is 1. The summed E-state index contributed by atoms with van der Waals surface area (Å²) in [7, 11) is -3.85. The monoisotopic (exact) mass is 709 g/mol. The van der Waals surface area contributed by atoms with E-state index in [1.54, 1.807) is 12.3 Å². The summed E-state index contributed by atoms with van der Waals surface area (Å²) in [6.07, 6.45) is 4.22. The second kappa shape index (κ2) is 13.7. The van der Waals surface area contributed by atoms with Gasteiger partial charge in [0.05, 0.1) is 48.3 Å². The number of cyclic esters (lactones) is 1. The van der Waals surface area contributed by atoms with Crippen LogP contribution >= 0.6 is 0 Å². The Labute approximate surface area is 293 Å². The number of ketones is 1. The Hall–Kier alpha value is -3.84. The number of allylic oxidation sites excluding steroid dienone is 1. The summed E-state index contributed by atoms with van der Waals surface area (Å²) in [5.41, 5.74) is -1.28. The number of fused-ring (bicyclic) bond motifs is 3. The van der Waals surface area contributed by atoms with Crippen molar-refractivity contribution in [3.63, 3.8) is 0 Å². The van der Waals surface area contributed by atoms with Gasteiger partial charge in [-0.15, -0.1) is 6.58 Å². The molecule has 0 radical (unpaired) electrons. The van der Waals surface area contributed by atoms with Gasteiger partial charge in [0.15, 0.2) is 5.78 Å². The van der Waals surface area contributed by atoms with E-state index < -0.39 is 79.8 Å². The number of rotatable bonds is 7. The minimum atomic E-state index is -3.85. The minimum absolute atomic E-state index is 0.0252. The molecule has 1 aromatic carbocycles. The molecule has 6 atom stereocenters. The van der Waals surface area contributed by atoms with Crippen LogP contribution in [0.4, 0.5) is 0 Å². The summed E-state index contributed by atoms with van der Waals surface area (Å²) in [5.74, 6) is -2.98. The van der Waals surface area contributed by atoms with Gasteiger partial charge in [-0.1, -0.05) is 39.0 Å². The number of carbonyl (C=O) groups excluding carboxylic acids is 4. The number of amides is 2. The summed E-state index contributed by atoms with van der Waals surface area (Å²) in [6, 6.07) is 6.40. The quantitative estimate of drug-likeness (QED) is 0.315. The molecule has 12 nitrogen and oxygen atoms in total. The first-order valence-electron chi connectivity index (χ1n) is 17.5. The zero-order chi connectivity index (χ0) is 36.0. The van der Waals surface area contributed by atoms with Crippen molar-refractivity contribution in [3.05, 3.63) is 48.7 Å². The van der Waals surface area contributed by atoms with Crippen molar-refractivity contribution in [2.45, 2.75) is 102 Å². The Morgan fingerprint density at radius 3 is 2.60 bits per heavy atom. The highest BCUT2D eigenvalue weighted by molar-refractivity contribution is 7.90. The molecule has 2 aliphatic carbocycles. The number of pyridine rings is 1. The number of aliphatic hydroxyl groups excluding tert-OH is 1. The van der Waals surface area contributed by atoms with Crippen molar-refractivity contribution in [2.75, 3.05) is 13.2 Å². The zero-order valence-electron chi connectivity index (χ0n) is 28.9. The van der Waals surface area contributed by atoms with Gasteiger partial charge >= 0.3 is 5.97 Å². The van der Waals surface area contributed by atoms with E-state index in [-0.39, 0.29) is 38.8 Å². The van der Waals surface area contributed by atoms with Crippen molar-refractivity contribution in [1.29, 1.82) is 0 Å². The summed E-state index contributed by atoms with van der Waals surface area (Å²) in [6.45, 7) is 9.54. The van der Waals surface area contributed by atoms with Crippen molar-refractivity contribution in [1.82, 2.24) is 14.6 Å². The number of hydrogen-bond donors (Lipinski definition) is 2. The summed E-state index contributed by atoms with van der Waals surface area (Å²) >= 11 is 0. The SMILES string of the molecule is C=CC1CC1(CC(=O)C1CC2CN1C(=O)C(C(C)(C)C)CC(=O)OCCCCC(O)c1ccc3ccnc(c3c1)O2)C(=O)NS(=O)(=O)C1CC1. The van der Waals surface area contributed by atoms with E-state index in [0.29, 0.717) is 48.9 Å². The number of hydrogen-bond acceptors (Lipinski definition) is 10. The van der Waals surface area contributed by atoms with Gasteiger partial charge in [0.2, 0.25) is 27.7 Å². The van der Waals surface area contributed by atoms with Crippen molar-refractivity contribution in [2.24, 2.45) is 22.7 Å². The first kappa shape index (κ1) is 36.0. The van der Waals surface area contributed by atoms with Gasteiger partial charge in [0, 0.05) is 24.4 Å². The van der Waals surface area contributed by atoms with E-state index in [9.17, 15) is 32.7 Å². The lowest BCUT2D eigenvalue weighted by molar-refractivity contribution is -0.153. The maximum absolute atomic E-state index is 14.5. The highest BCUT2D eigenvalue weighted by Crippen LogP contribution is 2.57. The van der Waals surface area contributed by atoms with Gasteiger partial charge < -0.3 is 19.5 Å². The predicted octanol–water partition coefficient (Wildman–Crippen LogP) is 4.16. The van der Waals surface area contributed by atoms with Crippen LogP contribution in [0.3, 0.4) is 0 Å². The second-order valence-corrected chi connectivity index (χ2v) is 17.4. The van der Waals surface area contributed by atoms with Crippen molar-refractivity contribution >= 4 is 44.4 Å². The summed E-state index contributed by atoms with van der Waals surface area (Å²) < 4.78 is 39.6. The molecule has 13 heteroatoms. The molecular formula is C37H47N3O9S. The Morgan fingerprint density at radius 2 is 1.92 bits per heavy atom. The number of sulfonamides is 1. The Morgan fingerprint density at radius 1 is 1.16 bits per heavy atom. The first-order chi connectivity index (χ1) is 23.6. The van der Waals surface area contributed by atoms with Crippen LogP contribution in [0.2, 0.25) is 0 Å². The molecule has 3 heterocycles. The topological polar surface area (TPSA) is 169 Å². The van der Waals surface area contributed by atoms with Crippen LogP contribution in [0.25, 0.3) is 10.8 Å². The van der Waals surface area contributed by atoms with Crippen LogP contribution in [0.15, 0.2) is 43.1 Å². The summed E-state index contributed by atoms with van der Waals surface area (Å²) in [4.78, 5) is 61.3. The standard InChI is InChI=1S/C37H47N3O9S/c1-5-24-19-37(24,35(45)39-50(46,47)26-11-12-26)20-31(42)29-17-25-21-40(29)34(44)28(36(2,3)4)18-32(43)48-15-7-6-8-30(41)23-10-9-22-13-14-38-33(49-25)27(22)16-23/h5,9-10,13-14,16,24-26,28-30,41H,1,6-8,11-12,15,17-21H2,2-4H3,(H,39,45). The number of Topliss-reactive ketones (excluding diaryl/α,β-unsaturated/α-hetero) is 1. The van der Waals surface area contributed by atoms with E-state index in [1.807, 2.05) is 45.0 Å². The second-order valence-electron chi connectivity index (χ2n) is 15.5. The molecule has 0 spiro atoms. The number of nitrogens with zero attached hydrogens (tertiary/aromatic N) is 2. The third-order valence-corrected chi connectivity index (χ3v) is 12.6. The summed E-state index contributed by atoms with van der Waals surface area (Å²) in [5, 5.41) is 11.9. The number of aromatic nitrogens is 1. The molecule has 50 heavy (non-hydrogen) atoms. The molecule has 6 unspecified atom stereocenters. The van der Waals surface area contributed by atoms with Crippen LogP contribution < -0.4 is 9.46 Å². The number of aliphatic hydroxyl groups is 1. The first-order valence-corrected chi connectivity index (χ1v) is 19.1. The highest BCUT2D eigenvalue weighted by atomic mass is 32.2. The lowest BCUT2D eigenvalue weighted by Crippen LogP contribution is -2.48. The van der Waals surface area contributed by atoms with Crippen LogP contribution in [0, 0.1) is 22.7 Å². The van der Waals surface area contributed by atoms with E-state index in [0.717, 1.165) is 5.39 Å². The zero-order valence-corrected chi connectivity index (χ0v) is 29.7. The molecule has 4 bridgehead atoms. The minimum Gasteiger partial charge on any atom is -0.472 e. The normalized spacial score (nSPS) is 29.4. The molecular weight excluding hydrogens is 662 g/mol. The molecule has 4 aliphatic rings. The highest BCUT2D eigenvalue weighted by Gasteiger charge is 2.61. The largest absolute Gasteiger partial charge is 0.472 e. The van der Waals surface area contributed by atoms with Crippen LogP contribution in [0.5, 0.6) is 5.88 Å². The maximum Gasteiger partial charge on any atom is 0.306 e. The maximum atomic E-state index is 14.5. The molecule has 2 N–H and O–H groups in total. The molecule has 3 fully saturated rings. The molecule has 2 aromatic rings. The average Bonchev–Trinajstić information content (AvgIpc) is 3.99. The van der Waals surface area contributed by atoms with Gasteiger partial charge in [-0.2, -0.15) is 0 Å². The third-order valence-electron chi connectivity index (χ3n) is 10.7. The molecule has 1 aromatic heterocycles. The van der Waals surface area contributed by atoms with Crippen LogP contribution in [-0.4, -0.2) is 77.5 Å². The Kier molecular flexibility index (Phi) is 9.86. The van der Waals surface area contributed by atoms with E-state index in [1.165, 1.54) is 4.90 Å². The molecule has 270 valence electrons. The predicted molar refractivity (Wildman–Crippen MR) is 184 cm³/mol. The lowest BCUT2D eigenvalue weighted by atomic mass is 9.77. The molecule has 2 aliphatic heterocycles. The van der Waals surface area contributed by atoms with Crippen molar-refractivity contribution < 1.29 is 42.2 Å². The van der Waals surface area contributed by atoms with Gasteiger partial charge in [0.25, 0.3) is 0 Å². The van der Waals surface area contributed by atoms with Crippen molar-refractivity contribution in [3.8, 4) is 5.88 Å². The smallest absolute Gasteiger partial charge is 0.306 e. The van der Waals surface area contributed by atoms with Gasteiger partial charge in [0.1, 0.15) is 6.10 Å². The third kappa shape index (κ3) is 7.44. The fraction of sp³-hybridized carbons (Fsp3) is 0.595. The number of esters is 1. The number of ether oxygens (including phenoxy) is 2. The molecule has 6 rings (SSSR count). The molecule has 2 saturated carbocycles. The van der Waals surface area contributed by atoms with Gasteiger partial charge in [-0.3, -0.25) is 23.9 Å². The average molecular weight is 710 g/mol. The van der Waals surface area contributed by atoms with E-state index >= 15 is 0 Å². The van der Waals surface area contributed by atoms with Gasteiger partial charge in [-0.05, 0) is 72.9 Å². The fourth-order valence-corrected chi connectivity index (χ4v) is 8.73. The molecule has 1 saturated heterocycles. The van der Waals surface area contributed by atoms with E-state index in [4.69, 9.17) is 9.47 Å². The van der Waals surface area contributed by atoms with Crippen LogP contribution in [0.1, 0.15) is 90.2 Å². The fourth-order valence-electron chi connectivity index (χ4n) is 7.34. The molecule has 2 amide bonds. The number of nitrogens with one attached hydrogen (secondary N) is 1. The lowest BCUT2D eigenvalue weighted by Gasteiger charge is -2.34.